The van der Waals surface area contributed by atoms with Gasteiger partial charge in [-0.25, -0.2) is 4.79 Å². The minimum absolute atomic E-state index is 0.0864. The molecule has 0 unspecified atom stereocenters. The summed E-state index contributed by atoms with van der Waals surface area (Å²) in [6, 6.07) is 0. The van der Waals surface area contributed by atoms with Gasteiger partial charge in [-0.2, -0.15) is 0 Å². The second kappa shape index (κ2) is 38.7. The fourth-order valence-electron chi connectivity index (χ4n) is 3.71. The molecule has 298 valence electrons. The Labute approximate surface area is 300 Å². The van der Waals surface area contributed by atoms with Gasteiger partial charge in [0.15, 0.2) is 0 Å². The third kappa shape index (κ3) is 42.7. The Morgan fingerprint density at radius 3 is 0.980 bits per heavy atom. The van der Waals surface area contributed by atoms with Gasteiger partial charge in [-0.3, -0.25) is 4.79 Å². The first-order valence-corrected chi connectivity index (χ1v) is 18.1. The minimum atomic E-state index is -0.514. The van der Waals surface area contributed by atoms with E-state index in [1.54, 1.807) is 0 Å². The van der Waals surface area contributed by atoms with Crippen LogP contribution in [0.3, 0.4) is 0 Å². The molecule has 0 saturated heterocycles. The van der Waals surface area contributed by atoms with Gasteiger partial charge in [-0.05, 0) is 27.2 Å². The number of ether oxygens (including phenoxy) is 13. The van der Waals surface area contributed by atoms with Crippen molar-refractivity contribution < 1.29 is 71.2 Å². The summed E-state index contributed by atoms with van der Waals surface area (Å²) in [6.07, 6.45) is 4.74. The Hall–Kier alpha value is -1.50. The van der Waals surface area contributed by atoms with Crippen LogP contribution in [-0.4, -0.2) is 169 Å². The van der Waals surface area contributed by atoms with Crippen LogP contribution < -0.4 is 0 Å². The molecule has 0 bridgehead atoms. The van der Waals surface area contributed by atoms with Crippen LogP contribution in [-0.2, 0) is 71.2 Å². The fourth-order valence-corrected chi connectivity index (χ4v) is 3.71. The number of carbonyl (C=O) groups excluding carboxylic acids is 2. The van der Waals surface area contributed by atoms with E-state index in [4.69, 9.17) is 61.6 Å². The molecule has 15 nitrogen and oxygen atoms in total. The van der Waals surface area contributed by atoms with Gasteiger partial charge >= 0.3 is 11.9 Å². The second-order valence-corrected chi connectivity index (χ2v) is 11.8. The lowest BCUT2D eigenvalue weighted by Crippen LogP contribution is -2.27. The van der Waals surface area contributed by atoms with Gasteiger partial charge in [0.05, 0.1) is 139 Å². The van der Waals surface area contributed by atoms with Gasteiger partial charge in [0.25, 0.3) is 0 Å². The summed E-state index contributed by atoms with van der Waals surface area (Å²) in [5.41, 5.74) is -0.514. The number of unbranched alkanes of at least 4 members (excludes halogenated alkanes) is 3. The van der Waals surface area contributed by atoms with E-state index in [0.717, 1.165) is 25.7 Å². The van der Waals surface area contributed by atoms with E-state index in [1.165, 1.54) is 0 Å². The molecule has 0 amide bonds. The molecule has 0 aliphatic carbocycles. The molecule has 0 N–H and O–H groups in total. The van der Waals surface area contributed by atoms with Crippen LogP contribution in [0.2, 0.25) is 0 Å². The first kappa shape index (κ1) is 48.5. The highest BCUT2D eigenvalue weighted by Gasteiger charge is 2.15. The minimum Gasteiger partial charge on any atom is -0.463 e. The molecule has 0 spiro atoms. The Morgan fingerprint density at radius 1 is 0.380 bits per heavy atom. The van der Waals surface area contributed by atoms with Crippen molar-refractivity contribution in [3.05, 3.63) is 0 Å². The molecule has 0 rings (SSSR count). The summed E-state index contributed by atoms with van der Waals surface area (Å²) in [6.45, 7) is 17.4. The standard InChI is InChI=1S/C35H68O15/c1-5-6-7-8-9-33(36)49-31-30-47-27-26-45-23-22-43-19-18-41-15-14-39-11-10-38-12-13-40-16-17-42-20-21-44-24-25-46-28-29-48-32-34(37)50-35(2,3)4/h5-32H2,1-4H3. The molecule has 0 radical (unpaired) electrons. The summed E-state index contributed by atoms with van der Waals surface area (Å²) in [7, 11) is 0. The van der Waals surface area contributed by atoms with Gasteiger partial charge in [0.1, 0.15) is 18.8 Å². The van der Waals surface area contributed by atoms with Crippen LogP contribution in [0.1, 0.15) is 59.8 Å². The largest absolute Gasteiger partial charge is 0.463 e. The molecule has 0 heterocycles. The first-order valence-electron chi connectivity index (χ1n) is 18.1. The van der Waals surface area contributed by atoms with Crippen LogP contribution in [0.25, 0.3) is 0 Å². The molecule has 0 aliphatic rings. The number of hydrogen-bond acceptors (Lipinski definition) is 15. The van der Waals surface area contributed by atoms with Crippen LogP contribution in [0.4, 0.5) is 0 Å². The average Bonchev–Trinajstić information content (AvgIpc) is 3.07. The van der Waals surface area contributed by atoms with Crippen molar-refractivity contribution in [2.24, 2.45) is 0 Å². The fraction of sp³-hybridized carbons (Fsp3) is 0.943. The zero-order chi connectivity index (χ0) is 36.6. The molecule has 0 aromatic carbocycles. The van der Waals surface area contributed by atoms with Gasteiger partial charge in [-0.1, -0.05) is 26.2 Å². The molecular weight excluding hydrogens is 660 g/mol. The average molecular weight is 729 g/mol. The molecule has 0 saturated carbocycles. The van der Waals surface area contributed by atoms with Crippen LogP contribution in [0, 0.1) is 0 Å². The highest BCUT2D eigenvalue weighted by molar-refractivity contribution is 5.71. The van der Waals surface area contributed by atoms with Crippen molar-refractivity contribution in [3.8, 4) is 0 Å². The summed E-state index contributed by atoms with van der Waals surface area (Å²) in [4.78, 5) is 23.1. The molecule has 0 fully saturated rings. The summed E-state index contributed by atoms with van der Waals surface area (Å²) in [5.74, 6) is -0.546. The van der Waals surface area contributed by atoms with E-state index in [-0.39, 0.29) is 25.2 Å². The van der Waals surface area contributed by atoms with Crippen molar-refractivity contribution >= 4 is 11.9 Å². The lowest BCUT2D eigenvalue weighted by atomic mass is 10.2. The zero-order valence-electron chi connectivity index (χ0n) is 31.4. The number of hydrogen-bond donors (Lipinski definition) is 0. The van der Waals surface area contributed by atoms with E-state index in [0.29, 0.717) is 145 Å². The van der Waals surface area contributed by atoms with Crippen LogP contribution >= 0.6 is 0 Å². The van der Waals surface area contributed by atoms with E-state index in [1.807, 2.05) is 20.8 Å². The number of esters is 2. The molecule has 15 heteroatoms. The second-order valence-electron chi connectivity index (χ2n) is 11.8. The highest BCUT2D eigenvalue weighted by atomic mass is 16.6. The van der Waals surface area contributed by atoms with Gasteiger partial charge < -0.3 is 61.6 Å². The summed E-state index contributed by atoms with van der Waals surface area (Å²) >= 11 is 0. The van der Waals surface area contributed by atoms with Crippen molar-refractivity contribution in [3.63, 3.8) is 0 Å². The lowest BCUT2D eigenvalue weighted by Gasteiger charge is -2.19. The Morgan fingerprint density at radius 2 is 0.680 bits per heavy atom. The van der Waals surface area contributed by atoms with E-state index >= 15 is 0 Å². The van der Waals surface area contributed by atoms with Crippen molar-refractivity contribution in [2.45, 2.75) is 65.4 Å². The lowest BCUT2D eigenvalue weighted by molar-refractivity contribution is -0.160. The topological polar surface area (TPSA) is 154 Å². The Bertz CT molecular complexity index is 721. The normalized spacial score (nSPS) is 11.7. The van der Waals surface area contributed by atoms with E-state index < -0.39 is 5.60 Å². The Balaban J connectivity index is 3.12. The van der Waals surface area contributed by atoms with Crippen molar-refractivity contribution in [2.75, 3.05) is 152 Å². The monoisotopic (exact) mass is 728 g/mol. The number of carbonyl (C=O) groups is 2. The molecule has 0 aliphatic heterocycles. The van der Waals surface area contributed by atoms with E-state index in [9.17, 15) is 9.59 Å². The summed E-state index contributed by atoms with van der Waals surface area (Å²) in [5, 5.41) is 0. The third-order valence-corrected chi connectivity index (χ3v) is 6.09. The van der Waals surface area contributed by atoms with Crippen molar-refractivity contribution in [1.82, 2.24) is 0 Å². The summed E-state index contributed by atoms with van der Waals surface area (Å²) < 4.78 is 70.0. The molecule has 0 aromatic rings. The predicted octanol–water partition coefficient (Wildman–Crippen LogP) is 3.02. The van der Waals surface area contributed by atoms with Crippen LogP contribution in [0.5, 0.6) is 0 Å². The molecule has 0 aromatic heterocycles. The van der Waals surface area contributed by atoms with Gasteiger partial charge in [0.2, 0.25) is 0 Å². The third-order valence-electron chi connectivity index (χ3n) is 6.09. The Kier molecular flexibility index (Phi) is 37.6. The quantitative estimate of drug-likeness (QED) is 0.0670. The maximum absolute atomic E-state index is 11.5. The van der Waals surface area contributed by atoms with Gasteiger partial charge in [0, 0.05) is 6.42 Å². The smallest absolute Gasteiger partial charge is 0.332 e. The van der Waals surface area contributed by atoms with Crippen LogP contribution in [0.15, 0.2) is 0 Å². The SMILES string of the molecule is CCCCCCC(=O)OCCOCCOCCOCCOCCOCCOCCOCCOCCOCCOCCOCC(=O)OC(C)(C)C. The zero-order valence-corrected chi connectivity index (χ0v) is 31.4. The molecule has 0 atom stereocenters. The molecular formula is C35H68O15. The first-order chi connectivity index (χ1) is 24.3. The maximum atomic E-state index is 11.5. The highest BCUT2D eigenvalue weighted by Crippen LogP contribution is 2.06. The van der Waals surface area contributed by atoms with Gasteiger partial charge in [-0.15, -0.1) is 0 Å². The van der Waals surface area contributed by atoms with Crippen molar-refractivity contribution in [1.29, 1.82) is 0 Å². The maximum Gasteiger partial charge on any atom is 0.332 e. The number of rotatable bonds is 40. The predicted molar refractivity (Wildman–Crippen MR) is 185 cm³/mol. The molecule has 50 heavy (non-hydrogen) atoms. The van der Waals surface area contributed by atoms with E-state index in [2.05, 4.69) is 6.92 Å².